The quantitative estimate of drug-likeness (QED) is 0.373. The van der Waals surface area contributed by atoms with Crippen molar-refractivity contribution in [1.82, 2.24) is 4.72 Å². The normalized spacial score (nSPS) is 17.9. The minimum atomic E-state index is -3.62. The number of sulfonamides is 1. The lowest BCUT2D eigenvalue weighted by Crippen LogP contribution is -2.36. The summed E-state index contributed by atoms with van der Waals surface area (Å²) in [6.45, 7) is 0.311. The molecule has 10 heteroatoms. The van der Waals surface area contributed by atoms with E-state index in [-0.39, 0.29) is 35.1 Å². The fraction of sp³-hybridized carbons (Fsp3) is 0.300. The highest BCUT2D eigenvalue weighted by atomic mass is 32.2. The Kier molecular flexibility index (Phi) is 8.27. The summed E-state index contributed by atoms with van der Waals surface area (Å²) in [5.41, 5.74) is 2.13. The standard InChI is InChI=1S/C30H32N4O5S/c35-28-19-22(20-34(28)26-9-5-2-6-10-26)30(37)32-23-13-11-21(12-14-23)29(36)31-24-15-17-27(18-16-24)40(38,39)33-25-7-3-1-4-8-25/h2,5-6,9-18,22,25,33H,1,3-4,7-8,19-20H2,(H,31,36)(H,32,37). The van der Waals surface area contributed by atoms with E-state index >= 15 is 0 Å². The summed E-state index contributed by atoms with van der Waals surface area (Å²) in [6, 6.07) is 21.7. The summed E-state index contributed by atoms with van der Waals surface area (Å²) in [5.74, 6) is -1.18. The molecular weight excluding hydrogens is 528 g/mol. The highest BCUT2D eigenvalue weighted by molar-refractivity contribution is 7.89. The van der Waals surface area contributed by atoms with Gasteiger partial charge in [-0.3, -0.25) is 14.4 Å². The summed E-state index contributed by atoms with van der Waals surface area (Å²) in [6.07, 6.45) is 5.03. The predicted molar refractivity (Wildman–Crippen MR) is 154 cm³/mol. The molecule has 9 nitrogen and oxygen atoms in total. The number of nitrogens with zero attached hydrogens (tertiary/aromatic N) is 1. The van der Waals surface area contributed by atoms with Gasteiger partial charge in [-0.05, 0) is 73.5 Å². The fourth-order valence-electron chi connectivity index (χ4n) is 5.12. The van der Waals surface area contributed by atoms with Crippen molar-refractivity contribution in [3.05, 3.63) is 84.4 Å². The molecule has 5 rings (SSSR count). The van der Waals surface area contributed by atoms with Crippen LogP contribution in [0.5, 0.6) is 0 Å². The van der Waals surface area contributed by atoms with Crippen LogP contribution < -0.4 is 20.3 Å². The molecule has 2 fully saturated rings. The van der Waals surface area contributed by atoms with Crippen LogP contribution in [0.1, 0.15) is 48.9 Å². The Bertz CT molecular complexity index is 1470. The Morgan fingerprint density at radius 2 is 1.40 bits per heavy atom. The number of benzene rings is 3. The molecule has 40 heavy (non-hydrogen) atoms. The number of anilines is 3. The average molecular weight is 561 g/mol. The number of hydrogen-bond donors (Lipinski definition) is 3. The second kappa shape index (κ2) is 12.0. The Morgan fingerprint density at radius 3 is 2.08 bits per heavy atom. The molecule has 3 aromatic carbocycles. The number of amides is 3. The Labute approximate surface area is 234 Å². The molecule has 0 radical (unpaired) electrons. The summed E-state index contributed by atoms with van der Waals surface area (Å²) >= 11 is 0. The predicted octanol–water partition coefficient (Wildman–Crippen LogP) is 4.54. The Morgan fingerprint density at radius 1 is 0.775 bits per heavy atom. The SMILES string of the molecule is O=C(Nc1ccc(S(=O)(=O)NC2CCCCC2)cc1)c1ccc(NC(=O)C2CC(=O)N(c3ccccc3)C2)cc1. The minimum Gasteiger partial charge on any atom is -0.326 e. The van der Waals surface area contributed by atoms with E-state index < -0.39 is 15.9 Å². The van der Waals surface area contributed by atoms with E-state index in [0.29, 0.717) is 23.5 Å². The van der Waals surface area contributed by atoms with Crippen molar-refractivity contribution in [3.63, 3.8) is 0 Å². The van der Waals surface area contributed by atoms with E-state index in [1.54, 1.807) is 41.3 Å². The van der Waals surface area contributed by atoms with Gasteiger partial charge in [0.05, 0.1) is 10.8 Å². The molecule has 1 aliphatic heterocycles. The third-order valence-electron chi connectivity index (χ3n) is 7.33. The minimum absolute atomic E-state index is 0.0319. The number of carbonyl (C=O) groups excluding carboxylic acids is 3. The summed E-state index contributed by atoms with van der Waals surface area (Å²) in [7, 11) is -3.62. The first kappa shape index (κ1) is 27.5. The van der Waals surface area contributed by atoms with Gasteiger partial charge >= 0.3 is 0 Å². The summed E-state index contributed by atoms with van der Waals surface area (Å²) in [5, 5.41) is 5.59. The van der Waals surface area contributed by atoms with E-state index in [0.717, 1.165) is 37.8 Å². The van der Waals surface area contributed by atoms with Crippen LogP contribution in [0.3, 0.4) is 0 Å². The van der Waals surface area contributed by atoms with Gasteiger partial charge in [0, 0.05) is 41.6 Å². The number of hydrogen-bond acceptors (Lipinski definition) is 5. The van der Waals surface area contributed by atoms with Crippen molar-refractivity contribution in [2.24, 2.45) is 5.92 Å². The maximum atomic E-state index is 12.8. The number of rotatable bonds is 8. The van der Waals surface area contributed by atoms with E-state index in [1.165, 1.54) is 12.1 Å². The van der Waals surface area contributed by atoms with Crippen molar-refractivity contribution in [3.8, 4) is 0 Å². The van der Waals surface area contributed by atoms with E-state index in [9.17, 15) is 22.8 Å². The molecule has 0 bridgehead atoms. The van der Waals surface area contributed by atoms with Gasteiger partial charge in [0.1, 0.15) is 0 Å². The number of nitrogens with one attached hydrogen (secondary N) is 3. The van der Waals surface area contributed by atoms with Gasteiger partial charge in [0.15, 0.2) is 0 Å². The van der Waals surface area contributed by atoms with Crippen LogP contribution in [0.2, 0.25) is 0 Å². The Hall–Kier alpha value is -4.02. The topological polar surface area (TPSA) is 125 Å². The van der Waals surface area contributed by atoms with Gasteiger partial charge in [-0.1, -0.05) is 37.5 Å². The molecule has 0 aromatic heterocycles. The smallest absolute Gasteiger partial charge is 0.255 e. The Balaban J connectivity index is 1.14. The molecule has 1 saturated carbocycles. The lowest BCUT2D eigenvalue weighted by Gasteiger charge is -2.22. The number of para-hydroxylation sites is 1. The van der Waals surface area contributed by atoms with Crippen LogP contribution in [0, 0.1) is 5.92 Å². The molecule has 1 atom stereocenters. The maximum Gasteiger partial charge on any atom is 0.255 e. The third-order valence-corrected chi connectivity index (χ3v) is 8.86. The molecule has 1 heterocycles. The molecular formula is C30H32N4O5S. The largest absolute Gasteiger partial charge is 0.326 e. The zero-order valence-electron chi connectivity index (χ0n) is 22.0. The highest BCUT2D eigenvalue weighted by Gasteiger charge is 2.35. The zero-order valence-corrected chi connectivity index (χ0v) is 22.8. The van der Waals surface area contributed by atoms with Crippen LogP contribution in [0.15, 0.2) is 83.8 Å². The molecule has 3 amide bonds. The van der Waals surface area contributed by atoms with Crippen LogP contribution in [0.25, 0.3) is 0 Å². The van der Waals surface area contributed by atoms with E-state index in [1.807, 2.05) is 30.3 Å². The van der Waals surface area contributed by atoms with Gasteiger partial charge < -0.3 is 15.5 Å². The van der Waals surface area contributed by atoms with Crippen LogP contribution in [0.4, 0.5) is 17.1 Å². The monoisotopic (exact) mass is 560 g/mol. The molecule has 1 saturated heterocycles. The van der Waals surface area contributed by atoms with Crippen molar-refractivity contribution in [2.45, 2.75) is 49.5 Å². The van der Waals surface area contributed by atoms with E-state index in [4.69, 9.17) is 0 Å². The fourth-order valence-corrected chi connectivity index (χ4v) is 6.42. The second-order valence-corrected chi connectivity index (χ2v) is 12.0. The summed E-state index contributed by atoms with van der Waals surface area (Å²) in [4.78, 5) is 39.7. The molecule has 208 valence electrons. The molecule has 1 aliphatic carbocycles. The highest BCUT2D eigenvalue weighted by Crippen LogP contribution is 2.26. The number of carbonyl (C=O) groups is 3. The van der Waals surface area contributed by atoms with Crippen LogP contribution >= 0.6 is 0 Å². The zero-order chi connectivity index (χ0) is 28.1. The molecule has 0 spiro atoms. The third kappa shape index (κ3) is 6.57. The molecule has 1 unspecified atom stereocenters. The van der Waals surface area contributed by atoms with Crippen LogP contribution in [-0.4, -0.2) is 38.7 Å². The molecule has 2 aliphatic rings. The lowest BCUT2D eigenvalue weighted by molar-refractivity contribution is -0.122. The van der Waals surface area contributed by atoms with Gasteiger partial charge in [-0.25, -0.2) is 13.1 Å². The molecule has 3 aromatic rings. The van der Waals surface area contributed by atoms with Crippen molar-refractivity contribution >= 4 is 44.8 Å². The van der Waals surface area contributed by atoms with Crippen molar-refractivity contribution < 1.29 is 22.8 Å². The van der Waals surface area contributed by atoms with Crippen molar-refractivity contribution in [1.29, 1.82) is 0 Å². The van der Waals surface area contributed by atoms with Gasteiger partial charge in [0.25, 0.3) is 5.91 Å². The summed E-state index contributed by atoms with van der Waals surface area (Å²) < 4.78 is 28.2. The van der Waals surface area contributed by atoms with E-state index in [2.05, 4.69) is 15.4 Å². The van der Waals surface area contributed by atoms with Gasteiger partial charge in [-0.2, -0.15) is 0 Å². The maximum absolute atomic E-state index is 12.8. The average Bonchev–Trinajstić information content (AvgIpc) is 3.36. The van der Waals surface area contributed by atoms with Crippen LogP contribution in [-0.2, 0) is 19.6 Å². The van der Waals surface area contributed by atoms with Gasteiger partial charge in [-0.15, -0.1) is 0 Å². The van der Waals surface area contributed by atoms with Crippen molar-refractivity contribution in [2.75, 3.05) is 22.1 Å². The first-order valence-electron chi connectivity index (χ1n) is 13.5. The first-order valence-corrected chi connectivity index (χ1v) is 15.0. The first-order chi connectivity index (χ1) is 19.3. The second-order valence-electron chi connectivity index (χ2n) is 10.2. The molecule has 3 N–H and O–H groups in total. The van der Waals surface area contributed by atoms with Gasteiger partial charge in [0.2, 0.25) is 21.8 Å². The lowest BCUT2D eigenvalue weighted by atomic mass is 9.96.